The third kappa shape index (κ3) is 6.43. The molecular formula is C29H28FN5O3. The molecular weight excluding hydrogens is 485 g/mol. The van der Waals surface area contributed by atoms with Crippen molar-refractivity contribution in [2.75, 3.05) is 11.9 Å². The number of carbonyl (C=O) groups excluding carboxylic acids is 2. The van der Waals surface area contributed by atoms with Crippen LogP contribution < -0.4 is 15.4 Å². The second-order valence-electron chi connectivity index (χ2n) is 9.18. The summed E-state index contributed by atoms with van der Waals surface area (Å²) in [7, 11) is 0. The highest BCUT2D eigenvalue weighted by atomic mass is 19.1. The van der Waals surface area contributed by atoms with Gasteiger partial charge in [0, 0.05) is 36.7 Å². The summed E-state index contributed by atoms with van der Waals surface area (Å²) in [6, 6.07) is 22.0. The number of anilines is 1. The number of amides is 2. The Balaban J connectivity index is 1.24. The van der Waals surface area contributed by atoms with E-state index in [1.807, 2.05) is 30.3 Å². The molecule has 5 rings (SSSR count). The van der Waals surface area contributed by atoms with Gasteiger partial charge >= 0.3 is 0 Å². The third-order valence-electron chi connectivity index (χ3n) is 6.43. The first-order chi connectivity index (χ1) is 18.5. The summed E-state index contributed by atoms with van der Waals surface area (Å²) in [4.78, 5) is 35.1. The van der Waals surface area contributed by atoms with E-state index in [1.54, 1.807) is 47.5 Å². The Morgan fingerprint density at radius 3 is 2.39 bits per heavy atom. The Labute approximate surface area is 219 Å². The molecule has 1 aromatic heterocycles. The van der Waals surface area contributed by atoms with Gasteiger partial charge in [-0.25, -0.2) is 9.37 Å². The monoisotopic (exact) mass is 513 g/mol. The van der Waals surface area contributed by atoms with Gasteiger partial charge in [0.15, 0.2) is 0 Å². The maximum absolute atomic E-state index is 13.3. The molecule has 1 aliphatic heterocycles. The number of benzene rings is 3. The normalized spacial score (nSPS) is 16.8. The van der Waals surface area contributed by atoms with Crippen LogP contribution in [0.3, 0.4) is 0 Å². The van der Waals surface area contributed by atoms with Crippen LogP contribution >= 0.6 is 0 Å². The predicted octanol–water partition coefficient (Wildman–Crippen LogP) is 4.28. The zero-order valence-corrected chi connectivity index (χ0v) is 20.6. The van der Waals surface area contributed by atoms with E-state index in [0.717, 1.165) is 5.56 Å². The fourth-order valence-electron chi connectivity index (χ4n) is 4.48. The molecule has 3 N–H and O–H groups in total. The number of halogens is 1. The molecule has 0 radical (unpaired) electrons. The van der Waals surface area contributed by atoms with E-state index in [9.17, 15) is 14.0 Å². The number of aromatic nitrogens is 2. The van der Waals surface area contributed by atoms with Crippen molar-refractivity contribution in [3.63, 3.8) is 0 Å². The molecule has 4 aromatic rings. The Bertz CT molecular complexity index is 1350. The summed E-state index contributed by atoms with van der Waals surface area (Å²) >= 11 is 0. The van der Waals surface area contributed by atoms with Crippen LogP contribution in [-0.2, 0) is 22.6 Å². The van der Waals surface area contributed by atoms with Gasteiger partial charge in [-0.05, 0) is 60.5 Å². The number of hydrogen-bond donors (Lipinski definition) is 3. The third-order valence-corrected chi connectivity index (χ3v) is 6.43. The van der Waals surface area contributed by atoms with Crippen molar-refractivity contribution in [2.24, 2.45) is 0 Å². The summed E-state index contributed by atoms with van der Waals surface area (Å²) in [5, 5.41) is 6.42. The second-order valence-corrected chi connectivity index (χ2v) is 9.18. The summed E-state index contributed by atoms with van der Waals surface area (Å²) < 4.78 is 18.8. The van der Waals surface area contributed by atoms with Crippen LogP contribution in [0.25, 0.3) is 0 Å². The largest absolute Gasteiger partial charge is 0.457 e. The van der Waals surface area contributed by atoms with Gasteiger partial charge < -0.3 is 25.3 Å². The van der Waals surface area contributed by atoms with Gasteiger partial charge in [-0.1, -0.05) is 30.3 Å². The minimum absolute atomic E-state index is 0.0249. The molecule has 8 nitrogen and oxygen atoms in total. The van der Waals surface area contributed by atoms with Crippen molar-refractivity contribution < 1.29 is 18.7 Å². The van der Waals surface area contributed by atoms with E-state index >= 15 is 0 Å². The first-order valence-electron chi connectivity index (χ1n) is 12.4. The standard InChI is InChI=1S/C29H28FN5O3/c30-21-6-10-25(11-7-21)38-26-12-8-22(9-13-26)34-29(37)27-14-24(32-16-20-4-2-1-3-5-20)18-35(27)28(36)15-23-17-31-19-33-23/h1-13,17,19,24,27,32H,14-16,18H2,(H,31,33)(H,34,37)/t24?,27-/m0/s1. The lowest BCUT2D eigenvalue weighted by molar-refractivity contribution is -0.136. The molecule has 9 heteroatoms. The fraction of sp³-hybridized carbons (Fsp3) is 0.207. The van der Waals surface area contributed by atoms with Crippen LogP contribution in [-0.4, -0.2) is 45.3 Å². The molecule has 1 fully saturated rings. The van der Waals surface area contributed by atoms with Crippen molar-refractivity contribution >= 4 is 17.5 Å². The van der Waals surface area contributed by atoms with Crippen LogP contribution in [0.5, 0.6) is 11.5 Å². The number of nitrogens with one attached hydrogen (secondary N) is 3. The molecule has 0 spiro atoms. The molecule has 0 bridgehead atoms. The number of carbonyl (C=O) groups is 2. The lowest BCUT2D eigenvalue weighted by atomic mass is 10.1. The summed E-state index contributed by atoms with van der Waals surface area (Å²) in [5.41, 5.74) is 2.42. The lowest BCUT2D eigenvalue weighted by Gasteiger charge is -2.23. The number of ether oxygens (including phenoxy) is 1. The number of imidazole rings is 1. The molecule has 1 aliphatic rings. The quantitative estimate of drug-likeness (QED) is 0.310. The zero-order chi connectivity index (χ0) is 26.3. The van der Waals surface area contributed by atoms with E-state index in [0.29, 0.717) is 42.4 Å². The van der Waals surface area contributed by atoms with Gasteiger partial charge in [-0.15, -0.1) is 0 Å². The number of nitrogens with zero attached hydrogens (tertiary/aromatic N) is 2. The summed E-state index contributed by atoms with van der Waals surface area (Å²) in [6.45, 7) is 1.08. The Morgan fingerprint density at radius 2 is 1.71 bits per heavy atom. The van der Waals surface area contributed by atoms with Crippen LogP contribution in [0.4, 0.5) is 10.1 Å². The van der Waals surface area contributed by atoms with Crippen LogP contribution in [0.15, 0.2) is 91.4 Å². The first-order valence-corrected chi connectivity index (χ1v) is 12.4. The van der Waals surface area contributed by atoms with E-state index in [2.05, 4.69) is 20.6 Å². The molecule has 194 valence electrons. The van der Waals surface area contributed by atoms with Gasteiger partial charge in [-0.2, -0.15) is 0 Å². The van der Waals surface area contributed by atoms with Crippen molar-refractivity contribution in [3.05, 3.63) is 108 Å². The molecule has 1 unspecified atom stereocenters. The maximum Gasteiger partial charge on any atom is 0.247 e. The van der Waals surface area contributed by atoms with Crippen LogP contribution in [0.2, 0.25) is 0 Å². The predicted molar refractivity (Wildman–Crippen MR) is 141 cm³/mol. The Kier molecular flexibility index (Phi) is 7.75. The lowest BCUT2D eigenvalue weighted by Crippen LogP contribution is -2.44. The number of H-pyrrole nitrogens is 1. The molecule has 2 amide bonds. The number of rotatable bonds is 9. The van der Waals surface area contributed by atoms with E-state index in [1.165, 1.54) is 18.5 Å². The molecule has 3 aromatic carbocycles. The van der Waals surface area contributed by atoms with Gasteiger partial charge in [0.2, 0.25) is 11.8 Å². The average molecular weight is 514 g/mol. The number of aromatic amines is 1. The minimum Gasteiger partial charge on any atom is -0.457 e. The Morgan fingerprint density at radius 1 is 1.00 bits per heavy atom. The highest BCUT2D eigenvalue weighted by Crippen LogP contribution is 2.25. The highest BCUT2D eigenvalue weighted by molar-refractivity contribution is 5.98. The Hall–Kier alpha value is -4.50. The molecule has 0 aliphatic carbocycles. The smallest absolute Gasteiger partial charge is 0.247 e. The molecule has 2 heterocycles. The van der Waals surface area contributed by atoms with E-state index in [-0.39, 0.29) is 30.1 Å². The molecule has 38 heavy (non-hydrogen) atoms. The summed E-state index contributed by atoms with van der Waals surface area (Å²) in [5.74, 6) is 0.337. The SMILES string of the molecule is O=C(Nc1ccc(Oc2ccc(F)cc2)cc1)[C@@H]1CC(NCc2ccccc2)CN1C(=O)Cc1cnc[nH]1. The van der Waals surface area contributed by atoms with E-state index < -0.39 is 6.04 Å². The van der Waals surface area contributed by atoms with Crippen LogP contribution in [0.1, 0.15) is 17.7 Å². The fourth-order valence-corrected chi connectivity index (χ4v) is 4.48. The molecule has 0 saturated carbocycles. The van der Waals surface area contributed by atoms with Crippen molar-refractivity contribution in [2.45, 2.75) is 31.5 Å². The van der Waals surface area contributed by atoms with Crippen molar-refractivity contribution in [1.29, 1.82) is 0 Å². The zero-order valence-electron chi connectivity index (χ0n) is 20.6. The molecule has 1 saturated heterocycles. The van der Waals surface area contributed by atoms with Gasteiger partial charge in [0.25, 0.3) is 0 Å². The second kappa shape index (κ2) is 11.7. The number of hydrogen-bond acceptors (Lipinski definition) is 5. The van der Waals surface area contributed by atoms with E-state index in [4.69, 9.17) is 4.74 Å². The van der Waals surface area contributed by atoms with Crippen molar-refractivity contribution in [3.8, 4) is 11.5 Å². The molecule has 2 atom stereocenters. The van der Waals surface area contributed by atoms with Gasteiger partial charge in [-0.3, -0.25) is 9.59 Å². The van der Waals surface area contributed by atoms with Crippen LogP contribution in [0, 0.1) is 5.82 Å². The number of likely N-dealkylation sites (tertiary alicyclic amines) is 1. The van der Waals surface area contributed by atoms with Gasteiger partial charge in [0.1, 0.15) is 23.4 Å². The summed E-state index contributed by atoms with van der Waals surface area (Å²) in [6.07, 6.45) is 3.79. The minimum atomic E-state index is -0.617. The highest BCUT2D eigenvalue weighted by Gasteiger charge is 2.39. The first kappa shape index (κ1) is 25.2. The van der Waals surface area contributed by atoms with Crippen molar-refractivity contribution in [1.82, 2.24) is 20.2 Å². The average Bonchev–Trinajstić information content (AvgIpc) is 3.61. The van der Waals surface area contributed by atoms with Gasteiger partial charge in [0.05, 0.1) is 12.7 Å². The maximum atomic E-state index is 13.3. The topological polar surface area (TPSA) is 99.3 Å².